The average Bonchev–Trinajstić information content (AvgIpc) is 3.07. The number of halogens is 1. The highest BCUT2D eigenvalue weighted by atomic mass is 19.1. The van der Waals surface area contributed by atoms with Gasteiger partial charge in [0.1, 0.15) is 11.3 Å². The Bertz CT molecular complexity index is 1210. The van der Waals surface area contributed by atoms with E-state index in [4.69, 9.17) is 4.74 Å². The van der Waals surface area contributed by atoms with Gasteiger partial charge in [-0.3, -0.25) is 4.79 Å². The van der Waals surface area contributed by atoms with Crippen molar-refractivity contribution in [3.8, 4) is 11.3 Å². The molecule has 0 fully saturated rings. The molecule has 0 bridgehead atoms. The van der Waals surface area contributed by atoms with E-state index >= 15 is 0 Å². The molecule has 0 amide bonds. The molecular formula is C19H14FN3O3. The molecule has 0 aliphatic carbocycles. The van der Waals surface area contributed by atoms with Crippen LogP contribution in [0.15, 0.2) is 53.5 Å². The number of hydrogen-bond acceptors (Lipinski definition) is 4. The number of fused-ring (bicyclic) bond motifs is 2. The second-order valence-electron chi connectivity index (χ2n) is 5.75. The fourth-order valence-electron chi connectivity index (χ4n) is 2.86. The minimum Gasteiger partial charge on any atom is -0.461 e. The minimum atomic E-state index is -0.593. The van der Waals surface area contributed by atoms with Crippen LogP contribution in [0.5, 0.6) is 0 Å². The lowest BCUT2D eigenvalue weighted by atomic mass is 10.0. The van der Waals surface area contributed by atoms with Crippen LogP contribution in [0.2, 0.25) is 0 Å². The van der Waals surface area contributed by atoms with Gasteiger partial charge in [-0.2, -0.15) is 5.10 Å². The first-order chi connectivity index (χ1) is 12.6. The zero-order valence-corrected chi connectivity index (χ0v) is 13.8. The number of rotatable bonds is 3. The second kappa shape index (κ2) is 6.11. The highest BCUT2D eigenvalue weighted by molar-refractivity contribution is 5.89. The zero-order chi connectivity index (χ0) is 18.3. The van der Waals surface area contributed by atoms with Gasteiger partial charge in [-0.05, 0) is 24.4 Å². The van der Waals surface area contributed by atoms with Crippen molar-refractivity contribution in [2.75, 3.05) is 6.61 Å². The topological polar surface area (TPSA) is 76.5 Å². The minimum absolute atomic E-state index is 0.0547. The normalized spacial score (nSPS) is 11.2. The summed E-state index contributed by atoms with van der Waals surface area (Å²) in [6, 6.07) is 11.5. The molecule has 130 valence electrons. The van der Waals surface area contributed by atoms with E-state index in [0.29, 0.717) is 16.6 Å². The van der Waals surface area contributed by atoms with Crippen molar-refractivity contribution in [2.24, 2.45) is 0 Å². The van der Waals surface area contributed by atoms with Gasteiger partial charge in [-0.25, -0.2) is 13.7 Å². The monoisotopic (exact) mass is 351 g/mol. The van der Waals surface area contributed by atoms with Gasteiger partial charge in [0, 0.05) is 17.0 Å². The van der Waals surface area contributed by atoms with Gasteiger partial charge >= 0.3 is 5.97 Å². The Hall–Kier alpha value is -3.48. The number of aromatic amines is 1. The molecule has 4 aromatic rings. The number of aromatic nitrogens is 3. The van der Waals surface area contributed by atoms with Crippen molar-refractivity contribution in [3.63, 3.8) is 0 Å². The molecule has 2 aromatic carbocycles. The summed E-state index contributed by atoms with van der Waals surface area (Å²) in [5.41, 5.74) is 0.975. The van der Waals surface area contributed by atoms with Crippen LogP contribution in [0.4, 0.5) is 4.39 Å². The molecule has 1 N–H and O–H groups in total. The van der Waals surface area contributed by atoms with Crippen LogP contribution in [0, 0.1) is 5.82 Å². The predicted molar refractivity (Wildman–Crippen MR) is 94.7 cm³/mol. The molecule has 26 heavy (non-hydrogen) atoms. The fourth-order valence-corrected chi connectivity index (χ4v) is 2.86. The van der Waals surface area contributed by atoms with Crippen molar-refractivity contribution < 1.29 is 13.9 Å². The maximum absolute atomic E-state index is 14.0. The lowest BCUT2D eigenvalue weighted by molar-refractivity contribution is 0.0519. The molecule has 0 radical (unpaired) electrons. The first-order valence-corrected chi connectivity index (χ1v) is 8.05. The Morgan fingerprint density at radius 2 is 2.12 bits per heavy atom. The van der Waals surface area contributed by atoms with E-state index in [1.54, 1.807) is 37.4 Å². The number of H-pyrrole nitrogens is 1. The molecule has 0 aliphatic rings. The average molecular weight is 351 g/mol. The largest absolute Gasteiger partial charge is 0.461 e. The number of hydrogen-bond donors (Lipinski definition) is 1. The molecule has 0 atom stereocenters. The molecule has 0 aliphatic heterocycles. The van der Waals surface area contributed by atoms with Gasteiger partial charge in [0.05, 0.1) is 18.5 Å². The SMILES string of the molecule is CCOC(=O)c1cc2c(=O)[nH]c(-c3ccc4cccc(F)c4c3)cn2n1. The number of benzene rings is 2. The molecule has 0 saturated heterocycles. The Kier molecular flexibility index (Phi) is 3.76. The molecule has 2 heterocycles. The van der Waals surface area contributed by atoms with Gasteiger partial charge < -0.3 is 9.72 Å². The van der Waals surface area contributed by atoms with Gasteiger partial charge in [0.25, 0.3) is 5.56 Å². The molecule has 0 saturated carbocycles. The van der Waals surface area contributed by atoms with Crippen LogP contribution >= 0.6 is 0 Å². The van der Waals surface area contributed by atoms with E-state index in [9.17, 15) is 14.0 Å². The lowest BCUT2D eigenvalue weighted by Crippen LogP contribution is -2.10. The van der Waals surface area contributed by atoms with E-state index in [1.807, 2.05) is 6.07 Å². The molecule has 2 aromatic heterocycles. The standard InChI is InChI=1S/C19H14FN3O3/c1-2-26-19(25)15-9-17-18(24)21-16(10-23(17)22-15)12-7-6-11-4-3-5-14(20)13(11)8-12/h3-10H,2H2,1H3,(H,21,24). The summed E-state index contributed by atoms with van der Waals surface area (Å²) < 4.78 is 20.3. The number of carbonyl (C=O) groups is 1. The quantitative estimate of drug-likeness (QED) is 0.575. The Labute approximate surface area is 146 Å². The van der Waals surface area contributed by atoms with E-state index in [2.05, 4.69) is 10.1 Å². The Morgan fingerprint density at radius 1 is 1.27 bits per heavy atom. The highest BCUT2D eigenvalue weighted by Crippen LogP contribution is 2.24. The molecule has 7 heteroatoms. The predicted octanol–water partition coefficient (Wildman–Crippen LogP) is 3.16. The number of nitrogens with zero attached hydrogens (tertiary/aromatic N) is 2. The van der Waals surface area contributed by atoms with Gasteiger partial charge in [0.2, 0.25) is 0 Å². The lowest BCUT2D eigenvalue weighted by Gasteiger charge is -2.05. The number of carbonyl (C=O) groups excluding carboxylic acids is 1. The first kappa shape index (κ1) is 16.0. The summed E-state index contributed by atoms with van der Waals surface area (Å²) in [5, 5.41) is 5.33. The summed E-state index contributed by atoms with van der Waals surface area (Å²) in [7, 11) is 0. The van der Waals surface area contributed by atoms with Crippen LogP contribution in [0.3, 0.4) is 0 Å². The van der Waals surface area contributed by atoms with Crippen LogP contribution in [0.1, 0.15) is 17.4 Å². The summed E-state index contributed by atoms with van der Waals surface area (Å²) in [5.74, 6) is -0.929. The van der Waals surface area contributed by atoms with Gasteiger partial charge in [0.15, 0.2) is 5.69 Å². The molecular weight excluding hydrogens is 337 g/mol. The third-order valence-electron chi connectivity index (χ3n) is 4.09. The number of esters is 1. The molecule has 6 nitrogen and oxygen atoms in total. The molecule has 0 spiro atoms. The van der Waals surface area contributed by atoms with Crippen LogP contribution in [0.25, 0.3) is 27.5 Å². The summed E-state index contributed by atoms with van der Waals surface area (Å²) in [4.78, 5) is 26.9. The van der Waals surface area contributed by atoms with Crippen LogP contribution < -0.4 is 5.56 Å². The van der Waals surface area contributed by atoms with Crippen molar-refractivity contribution >= 4 is 22.3 Å². The number of ether oxygens (including phenoxy) is 1. The smallest absolute Gasteiger partial charge is 0.358 e. The van der Waals surface area contributed by atoms with E-state index in [0.717, 1.165) is 5.39 Å². The van der Waals surface area contributed by atoms with Crippen molar-refractivity contribution in [2.45, 2.75) is 6.92 Å². The summed E-state index contributed by atoms with van der Waals surface area (Å²) in [6.07, 6.45) is 1.58. The van der Waals surface area contributed by atoms with Crippen LogP contribution in [-0.2, 0) is 4.74 Å². The second-order valence-corrected chi connectivity index (χ2v) is 5.75. The van der Waals surface area contributed by atoms with Crippen molar-refractivity contribution in [3.05, 3.63) is 70.5 Å². The Balaban J connectivity index is 1.86. The van der Waals surface area contributed by atoms with Crippen molar-refractivity contribution in [1.82, 2.24) is 14.6 Å². The van der Waals surface area contributed by atoms with Crippen LogP contribution in [-0.4, -0.2) is 27.2 Å². The zero-order valence-electron chi connectivity index (χ0n) is 13.8. The Morgan fingerprint density at radius 3 is 2.92 bits per heavy atom. The highest BCUT2D eigenvalue weighted by Gasteiger charge is 2.15. The van der Waals surface area contributed by atoms with Gasteiger partial charge in [-0.15, -0.1) is 0 Å². The first-order valence-electron chi connectivity index (χ1n) is 8.05. The van der Waals surface area contributed by atoms with Gasteiger partial charge in [-0.1, -0.05) is 24.3 Å². The van der Waals surface area contributed by atoms with E-state index in [-0.39, 0.29) is 23.6 Å². The summed E-state index contributed by atoms with van der Waals surface area (Å²) >= 11 is 0. The number of nitrogens with one attached hydrogen (secondary N) is 1. The molecule has 0 unspecified atom stereocenters. The maximum Gasteiger partial charge on any atom is 0.358 e. The fraction of sp³-hybridized carbons (Fsp3) is 0.105. The van der Waals surface area contributed by atoms with E-state index in [1.165, 1.54) is 16.6 Å². The molecule has 4 rings (SSSR count). The summed E-state index contributed by atoms with van der Waals surface area (Å²) in [6.45, 7) is 1.91. The third kappa shape index (κ3) is 2.63. The van der Waals surface area contributed by atoms with E-state index < -0.39 is 11.5 Å². The van der Waals surface area contributed by atoms with Crippen molar-refractivity contribution in [1.29, 1.82) is 0 Å². The third-order valence-corrected chi connectivity index (χ3v) is 4.09. The maximum atomic E-state index is 14.0.